The van der Waals surface area contributed by atoms with Crippen LogP contribution in [0.5, 0.6) is 0 Å². The van der Waals surface area contributed by atoms with Crippen molar-refractivity contribution in [1.82, 2.24) is 14.4 Å². The maximum absolute atomic E-state index is 12.5. The molecule has 1 aromatic carbocycles. The molecule has 0 saturated heterocycles. The minimum atomic E-state index is -0.211. The van der Waals surface area contributed by atoms with Gasteiger partial charge in [-0.15, -0.1) is 11.3 Å². The van der Waals surface area contributed by atoms with E-state index < -0.39 is 0 Å². The number of carbonyl (C=O) groups is 1. The number of thiazole rings is 1. The molecular weight excluding hydrogens is 388 g/mol. The van der Waals surface area contributed by atoms with Crippen LogP contribution in [0.2, 0.25) is 0 Å². The zero-order valence-electron chi connectivity index (χ0n) is 12.3. The lowest BCUT2D eigenvalue weighted by Gasteiger charge is -2.09. The van der Waals surface area contributed by atoms with Crippen molar-refractivity contribution in [3.8, 4) is 11.3 Å². The van der Waals surface area contributed by atoms with Gasteiger partial charge in [0.25, 0.3) is 5.91 Å². The molecule has 0 aliphatic rings. The summed E-state index contributed by atoms with van der Waals surface area (Å²) >= 11 is 4.90. The van der Waals surface area contributed by atoms with E-state index >= 15 is 0 Å². The Labute approximate surface area is 150 Å². The first-order valence-corrected chi connectivity index (χ1v) is 8.81. The van der Waals surface area contributed by atoms with Gasteiger partial charge in [-0.1, -0.05) is 18.2 Å². The van der Waals surface area contributed by atoms with Gasteiger partial charge in [0.2, 0.25) is 0 Å². The van der Waals surface area contributed by atoms with E-state index in [4.69, 9.17) is 0 Å². The first-order chi connectivity index (χ1) is 11.7. The number of rotatable bonds is 3. The minimum Gasteiger partial charge on any atom is -0.321 e. The third-order valence-electron chi connectivity index (χ3n) is 3.51. The lowest BCUT2D eigenvalue weighted by Crippen LogP contribution is -2.13. The topological polar surface area (TPSA) is 59.3 Å². The van der Waals surface area contributed by atoms with Gasteiger partial charge in [0.05, 0.1) is 16.9 Å². The van der Waals surface area contributed by atoms with Crippen LogP contribution in [0.15, 0.2) is 65.0 Å². The Morgan fingerprint density at radius 3 is 2.96 bits per heavy atom. The lowest BCUT2D eigenvalue weighted by atomic mass is 10.1. The fraction of sp³-hybridized carbons (Fsp3) is 0. The van der Waals surface area contributed by atoms with Crippen LogP contribution in [0.25, 0.3) is 16.2 Å². The first kappa shape index (κ1) is 15.0. The molecule has 3 heterocycles. The second-order valence-corrected chi connectivity index (χ2v) is 6.90. The predicted octanol–water partition coefficient (Wildman–Crippen LogP) is 4.47. The summed E-state index contributed by atoms with van der Waals surface area (Å²) in [5, 5.41) is 4.93. The number of hydrogen-bond acceptors (Lipinski definition) is 4. The number of benzene rings is 1. The van der Waals surface area contributed by atoms with Crippen molar-refractivity contribution in [3.05, 3.63) is 70.5 Å². The average Bonchev–Trinajstić information content (AvgIpc) is 3.17. The Morgan fingerprint density at radius 1 is 1.25 bits per heavy atom. The van der Waals surface area contributed by atoms with Gasteiger partial charge in [-0.3, -0.25) is 14.2 Å². The van der Waals surface area contributed by atoms with E-state index in [0.29, 0.717) is 11.3 Å². The van der Waals surface area contributed by atoms with Gasteiger partial charge in [0, 0.05) is 40.2 Å². The molecule has 0 fully saturated rings. The van der Waals surface area contributed by atoms with E-state index in [1.807, 2.05) is 46.4 Å². The molecule has 0 aliphatic carbocycles. The Hall–Kier alpha value is -2.51. The Balaban J connectivity index is 1.69. The van der Waals surface area contributed by atoms with Gasteiger partial charge in [-0.05, 0) is 28.1 Å². The zero-order chi connectivity index (χ0) is 16.5. The molecule has 1 N–H and O–H groups in total. The number of aromatic nitrogens is 3. The SMILES string of the molecule is O=C(Nc1ccccc1-c1cn2ccsc2n1)c1cncc(Br)c1. The van der Waals surface area contributed by atoms with Gasteiger partial charge in [-0.2, -0.15) is 0 Å². The van der Waals surface area contributed by atoms with E-state index in [9.17, 15) is 4.79 Å². The number of hydrogen-bond donors (Lipinski definition) is 1. The van der Waals surface area contributed by atoms with Crippen LogP contribution in [0.4, 0.5) is 5.69 Å². The average molecular weight is 399 g/mol. The summed E-state index contributed by atoms with van der Waals surface area (Å²) in [6, 6.07) is 9.36. The van der Waals surface area contributed by atoms with Crippen molar-refractivity contribution in [2.24, 2.45) is 0 Å². The molecule has 0 unspecified atom stereocenters. The summed E-state index contributed by atoms with van der Waals surface area (Å²) in [5.74, 6) is -0.211. The van der Waals surface area contributed by atoms with Gasteiger partial charge < -0.3 is 5.32 Å². The van der Waals surface area contributed by atoms with E-state index in [0.717, 1.165) is 20.7 Å². The summed E-state index contributed by atoms with van der Waals surface area (Å²) in [5.41, 5.74) is 2.91. The molecule has 0 saturated carbocycles. The van der Waals surface area contributed by atoms with Crippen molar-refractivity contribution in [2.75, 3.05) is 5.32 Å². The van der Waals surface area contributed by atoms with E-state index in [2.05, 4.69) is 31.2 Å². The van der Waals surface area contributed by atoms with Crippen molar-refractivity contribution in [2.45, 2.75) is 0 Å². The number of nitrogens with one attached hydrogen (secondary N) is 1. The lowest BCUT2D eigenvalue weighted by molar-refractivity contribution is 0.102. The zero-order valence-corrected chi connectivity index (χ0v) is 14.7. The highest BCUT2D eigenvalue weighted by Crippen LogP contribution is 2.28. The molecule has 3 aromatic heterocycles. The van der Waals surface area contributed by atoms with Crippen molar-refractivity contribution < 1.29 is 4.79 Å². The van der Waals surface area contributed by atoms with E-state index in [1.54, 1.807) is 23.6 Å². The third-order valence-corrected chi connectivity index (χ3v) is 4.72. The number of carbonyl (C=O) groups excluding carboxylic acids is 1. The quantitative estimate of drug-likeness (QED) is 0.553. The molecule has 118 valence electrons. The van der Waals surface area contributed by atoms with Gasteiger partial charge in [-0.25, -0.2) is 4.98 Å². The highest BCUT2D eigenvalue weighted by molar-refractivity contribution is 9.10. The molecule has 4 aromatic rings. The largest absolute Gasteiger partial charge is 0.321 e. The molecule has 0 spiro atoms. The second-order valence-electron chi connectivity index (χ2n) is 5.11. The predicted molar refractivity (Wildman–Crippen MR) is 98.4 cm³/mol. The Bertz CT molecular complexity index is 1010. The molecule has 5 nitrogen and oxygen atoms in total. The molecule has 1 amide bonds. The molecule has 0 atom stereocenters. The Kier molecular flexibility index (Phi) is 3.87. The fourth-order valence-electron chi connectivity index (χ4n) is 2.40. The molecule has 4 rings (SSSR count). The van der Waals surface area contributed by atoms with Crippen LogP contribution < -0.4 is 5.32 Å². The summed E-state index contributed by atoms with van der Waals surface area (Å²) < 4.78 is 2.73. The molecule has 24 heavy (non-hydrogen) atoms. The number of para-hydroxylation sites is 1. The van der Waals surface area contributed by atoms with Gasteiger partial charge in [0.15, 0.2) is 4.96 Å². The van der Waals surface area contributed by atoms with Crippen LogP contribution in [0.3, 0.4) is 0 Å². The van der Waals surface area contributed by atoms with Crippen LogP contribution in [0, 0.1) is 0 Å². The summed E-state index contributed by atoms with van der Waals surface area (Å²) in [7, 11) is 0. The number of halogens is 1. The second kappa shape index (κ2) is 6.18. The van der Waals surface area contributed by atoms with Gasteiger partial charge >= 0.3 is 0 Å². The number of nitrogens with zero attached hydrogens (tertiary/aromatic N) is 3. The standard InChI is InChI=1S/C17H11BrN4OS/c18-12-7-11(8-19-9-12)16(23)20-14-4-2-1-3-13(14)15-10-22-5-6-24-17(22)21-15/h1-10H,(H,20,23). The smallest absolute Gasteiger partial charge is 0.257 e. The van der Waals surface area contributed by atoms with Crippen molar-refractivity contribution in [1.29, 1.82) is 0 Å². The van der Waals surface area contributed by atoms with Crippen molar-refractivity contribution >= 4 is 43.8 Å². The van der Waals surface area contributed by atoms with E-state index in [-0.39, 0.29) is 5.91 Å². The number of pyridine rings is 1. The minimum absolute atomic E-state index is 0.211. The highest BCUT2D eigenvalue weighted by Gasteiger charge is 2.13. The first-order valence-electron chi connectivity index (χ1n) is 7.14. The normalized spacial score (nSPS) is 10.9. The molecular formula is C17H11BrN4OS. The number of imidazole rings is 1. The molecule has 0 aliphatic heterocycles. The molecule has 0 bridgehead atoms. The third kappa shape index (κ3) is 2.83. The Morgan fingerprint density at radius 2 is 2.12 bits per heavy atom. The van der Waals surface area contributed by atoms with Crippen LogP contribution in [-0.4, -0.2) is 20.3 Å². The summed E-state index contributed by atoms with van der Waals surface area (Å²) in [4.78, 5) is 22.0. The number of amides is 1. The van der Waals surface area contributed by atoms with Crippen molar-refractivity contribution in [3.63, 3.8) is 0 Å². The maximum Gasteiger partial charge on any atom is 0.257 e. The summed E-state index contributed by atoms with van der Waals surface area (Å²) in [6.07, 6.45) is 7.10. The fourth-order valence-corrected chi connectivity index (χ4v) is 3.47. The monoisotopic (exact) mass is 398 g/mol. The highest BCUT2D eigenvalue weighted by atomic mass is 79.9. The van der Waals surface area contributed by atoms with Gasteiger partial charge in [0.1, 0.15) is 0 Å². The molecule has 0 radical (unpaired) electrons. The number of fused-ring (bicyclic) bond motifs is 1. The van der Waals surface area contributed by atoms with E-state index in [1.165, 1.54) is 6.20 Å². The number of anilines is 1. The van der Waals surface area contributed by atoms with Crippen LogP contribution in [-0.2, 0) is 0 Å². The van der Waals surface area contributed by atoms with Crippen LogP contribution >= 0.6 is 27.3 Å². The summed E-state index contributed by atoms with van der Waals surface area (Å²) in [6.45, 7) is 0. The maximum atomic E-state index is 12.5. The van der Waals surface area contributed by atoms with Crippen LogP contribution in [0.1, 0.15) is 10.4 Å². The molecule has 7 heteroatoms.